The number of ether oxygens (including phenoxy) is 2. The van der Waals surface area contributed by atoms with E-state index < -0.39 is 0 Å². The summed E-state index contributed by atoms with van der Waals surface area (Å²) >= 11 is 0. The van der Waals surface area contributed by atoms with Crippen LogP contribution in [-0.2, 0) is 19.5 Å². The summed E-state index contributed by atoms with van der Waals surface area (Å²) in [4.78, 5) is 11.6. The smallest absolute Gasteiger partial charge is 0.194 e. The molecule has 28 heavy (non-hydrogen) atoms. The van der Waals surface area contributed by atoms with Gasteiger partial charge in [0.2, 0.25) is 0 Å². The van der Waals surface area contributed by atoms with Gasteiger partial charge in [0.1, 0.15) is 0 Å². The molecule has 0 fully saturated rings. The largest absolute Gasteiger partial charge is 0.493 e. The van der Waals surface area contributed by atoms with Crippen molar-refractivity contribution in [3.63, 3.8) is 0 Å². The fourth-order valence-electron chi connectivity index (χ4n) is 3.32. The van der Waals surface area contributed by atoms with E-state index >= 15 is 0 Å². The molecule has 0 atom stereocenters. The number of aryl methyl sites for hydroxylation is 1. The molecule has 3 rings (SSSR count). The summed E-state index contributed by atoms with van der Waals surface area (Å²) < 4.78 is 10.9. The zero-order chi connectivity index (χ0) is 19.2. The van der Waals surface area contributed by atoms with E-state index in [9.17, 15) is 0 Å². The van der Waals surface area contributed by atoms with E-state index in [4.69, 9.17) is 14.5 Å². The van der Waals surface area contributed by atoms with Crippen molar-refractivity contribution in [3.05, 3.63) is 52.8 Å². The standard InChI is InChI=1S/C21H28N4O2.HI/c1-5-22-21(24-13-18-15(2)7-6-9-23-18)25-10-8-16-11-19(26-3)20(27-4)12-17(16)14-25;/h6-7,9,11-12H,5,8,10,13-14H2,1-4H3,(H,22,24);1H. The van der Waals surface area contributed by atoms with Crippen LogP contribution in [0.5, 0.6) is 11.5 Å². The highest BCUT2D eigenvalue weighted by molar-refractivity contribution is 14.0. The lowest BCUT2D eigenvalue weighted by Crippen LogP contribution is -2.44. The van der Waals surface area contributed by atoms with Gasteiger partial charge in [-0.15, -0.1) is 24.0 Å². The molecule has 1 aromatic carbocycles. The van der Waals surface area contributed by atoms with Crippen molar-refractivity contribution in [3.8, 4) is 11.5 Å². The summed E-state index contributed by atoms with van der Waals surface area (Å²) in [6, 6.07) is 8.19. The number of nitrogens with one attached hydrogen (secondary N) is 1. The van der Waals surface area contributed by atoms with Gasteiger partial charge in [-0.25, -0.2) is 4.99 Å². The Morgan fingerprint density at radius 1 is 1.21 bits per heavy atom. The molecule has 0 saturated heterocycles. The zero-order valence-corrected chi connectivity index (χ0v) is 19.3. The SMILES string of the molecule is CCNC(=NCc1ncccc1C)N1CCc2cc(OC)c(OC)cc2C1.I. The molecule has 0 bridgehead atoms. The zero-order valence-electron chi connectivity index (χ0n) is 17.0. The average Bonchev–Trinajstić information content (AvgIpc) is 2.70. The molecule has 0 spiro atoms. The average molecular weight is 496 g/mol. The number of aromatic nitrogens is 1. The minimum absolute atomic E-state index is 0. The molecule has 2 heterocycles. The molecule has 7 heteroatoms. The molecule has 2 aromatic rings. The first-order chi connectivity index (χ1) is 13.2. The van der Waals surface area contributed by atoms with E-state index in [-0.39, 0.29) is 24.0 Å². The van der Waals surface area contributed by atoms with Crippen LogP contribution in [0.1, 0.15) is 29.3 Å². The van der Waals surface area contributed by atoms with Gasteiger partial charge in [-0.05, 0) is 55.2 Å². The monoisotopic (exact) mass is 496 g/mol. The van der Waals surface area contributed by atoms with Gasteiger partial charge < -0.3 is 19.7 Å². The van der Waals surface area contributed by atoms with Gasteiger partial charge in [0.15, 0.2) is 17.5 Å². The molecule has 0 unspecified atom stereocenters. The lowest BCUT2D eigenvalue weighted by molar-refractivity contribution is 0.346. The molecule has 6 nitrogen and oxygen atoms in total. The number of guanidine groups is 1. The van der Waals surface area contributed by atoms with Crippen LogP contribution in [0.2, 0.25) is 0 Å². The third kappa shape index (κ3) is 5.06. The highest BCUT2D eigenvalue weighted by Gasteiger charge is 2.21. The highest BCUT2D eigenvalue weighted by Crippen LogP contribution is 2.33. The molecule has 0 aliphatic carbocycles. The Labute approximate surface area is 184 Å². The van der Waals surface area contributed by atoms with Gasteiger partial charge in [-0.3, -0.25) is 4.98 Å². The van der Waals surface area contributed by atoms with Crippen LogP contribution in [0.15, 0.2) is 35.5 Å². The van der Waals surface area contributed by atoms with Gasteiger partial charge in [0, 0.05) is 25.8 Å². The molecular weight excluding hydrogens is 467 g/mol. The molecule has 1 aliphatic heterocycles. The minimum Gasteiger partial charge on any atom is -0.493 e. The molecule has 1 N–H and O–H groups in total. The molecule has 0 saturated carbocycles. The summed E-state index contributed by atoms with van der Waals surface area (Å²) in [5.41, 5.74) is 4.73. The summed E-state index contributed by atoms with van der Waals surface area (Å²) in [6.07, 6.45) is 2.77. The summed E-state index contributed by atoms with van der Waals surface area (Å²) in [6.45, 7) is 7.27. The summed E-state index contributed by atoms with van der Waals surface area (Å²) in [5, 5.41) is 3.42. The van der Waals surface area contributed by atoms with Crippen LogP contribution in [0, 0.1) is 6.92 Å². The van der Waals surface area contributed by atoms with E-state index in [1.54, 1.807) is 14.2 Å². The van der Waals surface area contributed by atoms with Crippen molar-refractivity contribution >= 4 is 29.9 Å². The molecule has 1 aromatic heterocycles. The summed E-state index contributed by atoms with van der Waals surface area (Å²) in [5.74, 6) is 2.48. The minimum atomic E-state index is 0. The number of pyridine rings is 1. The molecule has 152 valence electrons. The first kappa shape index (κ1) is 22.3. The maximum Gasteiger partial charge on any atom is 0.194 e. The second-order valence-corrected chi connectivity index (χ2v) is 6.58. The van der Waals surface area contributed by atoms with E-state index in [0.717, 1.165) is 54.8 Å². The predicted molar refractivity (Wildman–Crippen MR) is 123 cm³/mol. The number of fused-ring (bicyclic) bond motifs is 1. The first-order valence-corrected chi connectivity index (χ1v) is 9.33. The van der Waals surface area contributed by atoms with Crippen LogP contribution in [0.4, 0.5) is 0 Å². The first-order valence-electron chi connectivity index (χ1n) is 9.33. The summed E-state index contributed by atoms with van der Waals surface area (Å²) in [7, 11) is 3.35. The third-order valence-electron chi connectivity index (χ3n) is 4.85. The number of halogens is 1. The maximum atomic E-state index is 5.47. The Kier molecular flexibility index (Phi) is 8.35. The lowest BCUT2D eigenvalue weighted by Gasteiger charge is -2.32. The number of hydrogen-bond acceptors (Lipinski definition) is 4. The number of benzene rings is 1. The maximum absolute atomic E-state index is 5.47. The van der Waals surface area contributed by atoms with Crippen molar-refractivity contribution in [1.82, 2.24) is 15.2 Å². The molecular formula is C21H29IN4O2. The fourth-order valence-corrected chi connectivity index (χ4v) is 3.32. The van der Waals surface area contributed by atoms with E-state index in [1.165, 1.54) is 11.1 Å². The van der Waals surface area contributed by atoms with Crippen LogP contribution in [0.3, 0.4) is 0 Å². The van der Waals surface area contributed by atoms with E-state index in [0.29, 0.717) is 6.54 Å². The van der Waals surface area contributed by atoms with Gasteiger partial charge in [0.05, 0.1) is 26.5 Å². The highest BCUT2D eigenvalue weighted by atomic mass is 127. The molecule has 0 amide bonds. The quantitative estimate of drug-likeness (QED) is 0.390. The van der Waals surface area contributed by atoms with Crippen molar-refractivity contribution < 1.29 is 9.47 Å². The van der Waals surface area contributed by atoms with Gasteiger partial charge in [-0.2, -0.15) is 0 Å². The van der Waals surface area contributed by atoms with Crippen LogP contribution in [0.25, 0.3) is 0 Å². The normalized spacial score (nSPS) is 13.4. The second kappa shape index (κ2) is 10.5. The van der Waals surface area contributed by atoms with E-state index in [1.807, 2.05) is 12.3 Å². The number of methoxy groups -OCH3 is 2. The van der Waals surface area contributed by atoms with Crippen LogP contribution < -0.4 is 14.8 Å². The predicted octanol–water partition coefficient (Wildman–Crippen LogP) is 3.55. The van der Waals surface area contributed by atoms with Gasteiger partial charge in [-0.1, -0.05) is 6.07 Å². The third-order valence-corrected chi connectivity index (χ3v) is 4.85. The van der Waals surface area contributed by atoms with Gasteiger partial charge in [0.25, 0.3) is 0 Å². The van der Waals surface area contributed by atoms with Crippen LogP contribution in [-0.4, -0.2) is 43.2 Å². The Hall–Kier alpha value is -2.03. The Bertz CT molecular complexity index is 826. The Morgan fingerprint density at radius 3 is 2.57 bits per heavy atom. The van der Waals surface area contributed by atoms with Gasteiger partial charge >= 0.3 is 0 Å². The number of rotatable bonds is 5. The van der Waals surface area contributed by atoms with E-state index in [2.05, 4.69) is 47.2 Å². The fraction of sp³-hybridized carbons (Fsp3) is 0.429. The Morgan fingerprint density at radius 2 is 1.93 bits per heavy atom. The number of aliphatic imine (C=N–C) groups is 1. The Balaban J connectivity index is 0.00000280. The molecule has 1 aliphatic rings. The van der Waals surface area contributed by atoms with Crippen molar-refractivity contribution in [2.24, 2.45) is 4.99 Å². The lowest BCUT2D eigenvalue weighted by atomic mass is 9.99. The van der Waals surface area contributed by atoms with Crippen molar-refractivity contribution in [2.45, 2.75) is 33.4 Å². The van der Waals surface area contributed by atoms with Crippen molar-refractivity contribution in [1.29, 1.82) is 0 Å². The number of hydrogen-bond donors (Lipinski definition) is 1. The van der Waals surface area contributed by atoms with Crippen LogP contribution >= 0.6 is 24.0 Å². The second-order valence-electron chi connectivity index (χ2n) is 6.58. The molecule has 0 radical (unpaired) electrons. The van der Waals surface area contributed by atoms with Crippen molar-refractivity contribution in [2.75, 3.05) is 27.3 Å². The number of nitrogens with zero attached hydrogens (tertiary/aromatic N) is 3. The topological polar surface area (TPSA) is 59.0 Å².